The van der Waals surface area contributed by atoms with Crippen molar-refractivity contribution in [2.45, 2.75) is 31.7 Å². The molecule has 2 amide bonds. The minimum atomic E-state index is -0.505. The number of hydrogen-bond acceptors (Lipinski definition) is 4. The maximum absolute atomic E-state index is 13.6. The van der Waals surface area contributed by atoms with Gasteiger partial charge in [0.25, 0.3) is 0 Å². The van der Waals surface area contributed by atoms with Gasteiger partial charge in [0, 0.05) is 50.7 Å². The van der Waals surface area contributed by atoms with Crippen molar-refractivity contribution in [3.8, 4) is 0 Å². The van der Waals surface area contributed by atoms with Crippen LogP contribution >= 0.6 is 11.6 Å². The lowest BCUT2D eigenvalue weighted by molar-refractivity contribution is 0.140. The van der Waals surface area contributed by atoms with Gasteiger partial charge < -0.3 is 25.4 Å². The van der Waals surface area contributed by atoms with Crippen LogP contribution < -0.4 is 5.32 Å². The SMILES string of the molecule is CN1CCN(CCCN(C(=O)Nc2ccc(F)c(Cl)c2)C2CCc3ccc(C=N)cc3C2)CC1. The number of nitrogens with one attached hydrogen (secondary N) is 2. The van der Waals surface area contributed by atoms with Crippen LogP contribution in [0.15, 0.2) is 36.4 Å². The van der Waals surface area contributed by atoms with E-state index in [-0.39, 0.29) is 17.1 Å². The van der Waals surface area contributed by atoms with E-state index >= 15 is 0 Å². The smallest absolute Gasteiger partial charge is 0.321 e. The van der Waals surface area contributed by atoms with Crippen molar-refractivity contribution in [3.05, 3.63) is 63.9 Å². The summed E-state index contributed by atoms with van der Waals surface area (Å²) in [7, 11) is 2.15. The summed E-state index contributed by atoms with van der Waals surface area (Å²) in [6.07, 6.45) is 4.82. The molecule has 1 atom stereocenters. The normalized spacial score (nSPS) is 18.9. The van der Waals surface area contributed by atoms with E-state index in [0.29, 0.717) is 12.2 Å². The Morgan fingerprint density at radius 2 is 2.00 bits per heavy atom. The zero-order chi connectivity index (χ0) is 24.1. The van der Waals surface area contributed by atoms with E-state index in [1.807, 2.05) is 11.0 Å². The largest absolute Gasteiger partial charge is 0.322 e. The highest BCUT2D eigenvalue weighted by molar-refractivity contribution is 6.31. The Balaban J connectivity index is 1.46. The number of rotatable bonds is 7. The predicted octanol–water partition coefficient (Wildman–Crippen LogP) is 4.51. The number of aryl methyl sites for hydroxylation is 1. The minimum absolute atomic E-state index is 0.00909. The zero-order valence-corrected chi connectivity index (χ0v) is 20.5. The van der Waals surface area contributed by atoms with Gasteiger partial charge in [-0.15, -0.1) is 0 Å². The van der Waals surface area contributed by atoms with E-state index in [9.17, 15) is 9.18 Å². The molecule has 2 aromatic rings. The second-order valence-electron chi connectivity index (χ2n) is 9.32. The van der Waals surface area contributed by atoms with E-state index in [1.54, 1.807) is 0 Å². The van der Waals surface area contributed by atoms with Crippen LogP contribution in [0, 0.1) is 11.2 Å². The predicted molar refractivity (Wildman–Crippen MR) is 136 cm³/mol. The number of fused-ring (bicyclic) bond motifs is 1. The molecule has 6 nitrogen and oxygen atoms in total. The number of hydrogen-bond donors (Lipinski definition) is 2. The van der Waals surface area contributed by atoms with Crippen LogP contribution in [-0.2, 0) is 12.8 Å². The molecule has 1 aliphatic carbocycles. The molecule has 1 fully saturated rings. The van der Waals surface area contributed by atoms with Crippen LogP contribution in [0.1, 0.15) is 29.5 Å². The standard InChI is InChI=1S/C26H33ClFN5O/c1-31-11-13-32(14-12-31)9-2-10-33(26(34)30-22-6-8-25(28)24(27)17-22)23-7-5-20-4-3-19(18-29)15-21(20)16-23/h3-4,6,8,15,17-18,23,29H,2,5,7,9-14,16H2,1H3,(H,30,34). The number of anilines is 1. The number of urea groups is 1. The second-order valence-corrected chi connectivity index (χ2v) is 9.73. The Labute approximate surface area is 206 Å². The molecule has 0 saturated carbocycles. The van der Waals surface area contributed by atoms with Gasteiger partial charge in [0.05, 0.1) is 5.02 Å². The molecule has 34 heavy (non-hydrogen) atoms. The molecular weight excluding hydrogens is 453 g/mol. The average Bonchev–Trinajstić information content (AvgIpc) is 2.84. The lowest BCUT2D eigenvalue weighted by atomic mass is 9.86. The van der Waals surface area contributed by atoms with E-state index in [4.69, 9.17) is 17.0 Å². The lowest BCUT2D eigenvalue weighted by Gasteiger charge is -2.37. The molecule has 1 aliphatic heterocycles. The highest BCUT2D eigenvalue weighted by Gasteiger charge is 2.28. The van der Waals surface area contributed by atoms with Crippen molar-refractivity contribution in [1.82, 2.24) is 14.7 Å². The molecule has 0 aromatic heterocycles. The van der Waals surface area contributed by atoms with Gasteiger partial charge in [-0.05, 0) is 80.2 Å². The number of carbonyl (C=O) groups is 1. The number of nitrogens with zero attached hydrogens (tertiary/aromatic N) is 3. The Morgan fingerprint density at radius 1 is 1.21 bits per heavy atom. The summed E-state index contributed by atoms with van der Waals surface area (Å²) in [5.74, 6) is -0.505. The van der Waals surface area contributed by atoms with Gasteiger partial charge in [-0.3, -0.25) is 0 Å². The van der Waals surface area contributed by atoms with Gasteiger partial charge in [0.15, 0.2) is 0 Å². The number of halogens is 2. The maximum atomic E-state index is 13.6. The first-order valence-corrected chi connectivity index (χ1v) is 12.4. The quantitative estimate of drug-likeness (QED) is 0.567. The van der Waals surface area contributed by atoms with Gasteiger partial charge in [-0.1, -0.05) is 23.7 Å². The van der Waals surface area contributed by atoms with Gasteiger partial charge in [0.2, 0.25) is 0 Å². The molecule has 0 bridgehead atoms. The first-order chi connectivity index (χ1) is 16.4. The monoisotopic (exact) mass is 485 g/mol. The fourth-order valence-corrected chi connectivity index (χ4v) is 5.05. The van der Waals surface area contributed by atoms with E-state index in [2.05, 4.69) is 34.3 Å². The first-order valence-electron chi connectivity index (χ1n) is 12.0. The van der Waals surface area contributed by atoms with Crippen LogP contribution in [0.3, 0.4) is 0 Å². The van der Waals surface area contributed by atoms with Crippen molar-refractivity contribution >= 4 is 29.5 Å². The topological polar surface area (TPSA) is 62.7 Å². The molecule has 2 aromatic carbocycles. The Bertz CT molecular complexity index is 1020. The molecule has 0 radical (unpaired) electrons. The fourth-order valence-electron chi connectivity index (χ4n) is 4.87. The molecule has 1 saturated heterocycles. The lowest BCUT2D eigenvalue weighted by Crippen LogP contribution is -2.48. The van der Waals surface area contributed by atoms with Crippen LogP contribution in [0.5, 0.6) is 0 Å². The molecule has 0 spiro atoms. The van der Waals surface area contributed by atoms with Crippen LogP contribution in [0.4, 0.5) is 14.9 Å². The van der Waals surface area contributed by atoms with Crippen molar-refractivity contribution in [2.75, 3.05) is 51.6 Å². The number of piperazine rings is 1. The van der Waals surface area contributed by atoms with Gasteiger partial charge in [0.1, 0.15) is 5.82 Å². The summed E-state index contributed by atoms with van der Waals surface area (Å²) in [5.41, 5.74) is 3.87. The molecule has 1 unspecified atom stereocenters. The van der Waals surface area contributed by atoms with Crippen molar-refractivity contribution in [3.63, 3.8) is 0 Å². The van der Waals surface area contributed by atoms with Gasteiger partial charge in [-0.2, -0.15) is 0 Å². The average molecular weight is 486 g/mol. The molecular formula is C26H33ClFN5O. The van der Waals surface area contributed by atoms with E-state index < -0.39 is 5.82 Å². The van der Waals surface area contributed by atoms with Gasteiger partial charge in [-0.25, -0.2) is 9.18 Å². The minimum Gasteiger partial charge on any atom is -0.321 e. The van der Waals surface area contributed by atoms with E-state index in [0.717, 1.165) is 64.0 Å². The Hall–Kier alpha value is -2.48. The van der Waals surface area contributed by atoms with Crippen LogP contribution in [0.25, 0.3) is 0 Å². The summed E-state index contributed by atoms with van der Waals surface area (Å²) in [6.45, 7) is 5.87. The van der Waals surface area contributed by atoms with Crippen molar-refractivity contribution in [2.24, 2.45) is 0 Å². The van der Waals surface area contributed by atoms with Crippen molar-refractivity contribution < 1.29 is 9.18 Å². The van der Waals surface area contributed by atoms with Crippen LogP contribution in [-0.4, -0.2) is 79.3 Å². The molecule has 1 heterocycles. The number of carbonyl (C=O) groups excluding carboxylic acids is 1. The number of benzene rings is 2. The Kier molecular flexibility index (Phi) is 8.19. The van der Waals surface area contributed by atoms with Gasteiger partial charge >= 0.3 is 6.03 Å². The molecule has 8 heteroatoms. The fraction of sp³-hybridized carbons (Fsp3) is 0.462. The van der Waals surface area contributed by atoms with E-state index in [1.165, 1.54) is 35.5 Å². The highest BCUT2D eigenvalue weighted by Crippen LogP contribution is 2.27. The molecule has 2 N–H and O–H groups in total. The molecule has 182 valence electrons. The van der Waals surface area contributed by atoms with Crippen molar-refractivity contribution in [1.29, 1.82) is 5.41 Å². The van der Waals surface area contributed by atoms with Crippen LogP contribution in [0.2, 0.25) is 5.02 Å². The third kappa shape index (κ3) is 6.14. The third-order valence-corrected chi connectivity index (χ3v) is 7.23. The molecule has 2 aliphatic rings. The summed E-state index contributed by atoms with van der Waals surface area (Å²) in [5, 5.41) is 10.5. The summed E-state index contributed by atoms with van der Waals surface area (Å²) in [4.78, 5) is 20.1. The summed E-state index contributed by atoms with van der Waals surface area (Å²) >= 11 is 5.92. The second kappa shape index (κ2) is 11.3. The summed E-state index contributed by atoms with van der Waals surface area (Å²) in [6, 6.07) is 10.3. The zero-order valence-electron chi connectivity index (χ0n) is 19.7. The highest BCUT2D eigenvalue weighted by atomic mass is 35.5. The third-order valence-electron chi connectivity index (χ3n) is 6.94. The maximum Gasteiger partial charge on any atom is 0.322 e. The first kappa shape index (κ1) is 24.6. The number of likely N-dealkylation sites (N-methyl/N-ethyl adjacent to an activating group) is 1. The summed E-state index contributed by atoms with van der Waals surface area (Å²) < 4.78 is 13.6. The number of amides is 2. The Morgan fingerprint density at radius 3 is 2.74 bits per heavy atom. The molecule has 4 rings (SSSR count).